The van der Waals surface area contributed by atoms with Crippen molar-refractivity contribution < 1.29 is 9.26 Å². The zero-order valence-corrected chi connectivity index (χ0v) is 15.1. The quantitative estimate of drug-likeness (QED) is 0.767. The first-order valence-electron chi connectivity index (χ1n) is 9.56. The van der Waals surface area contributed by atoms with E-state index in [0.717, 1.165) is 56.5 Å². The molecule has 0 bridgehead atoms. The van der Waals surface area contributed by atoms with Crippen LogP contribution in [-0.2, 0) is 17.7 Å². The van der Waals surface area contributed by atoms with E-state index in [1.807, 2.05) is 13.0 Å². The SMILES string of the molecule is Cc1cc(CN2CC[C@@H](OCC3CC3)[C@@H](Cc3ccccc3)C2)no1. The highest BCUT2D eigenvalue weighted by Crippen LogP contribution is 2.32. The number of nitrogens with zero attached hydrogens (tertiary/aromatic N) is 2. The van der Waals surface area contributed by atoms with Crippen LogP contribution in [0.25, 0.3) is 0 Å². The van der Waals surface area contributed by atoms with Gasteiger partial charge in [0.05, 0.1) is 11.8 Å². The summed E-state index contributed by atoms with van der Waals surface area (Å²) in [5, 5.41) is 4.16. The lowest BCUT2D eigenvalue weighted by Crippen LogP contribution is -2.45. The van der Waals surface area contributed by atoms with Gasteiger partial charge in [-0.05, 0) is 44.1 Å². The Morgan fingerprint density at radius 1 is 1.20 bits per heavy atom. The van der Waals surface area contributed by atoms with Crippen molar-refractivity contribution in [1.82, 2.24) is 10.1 Å². The van der Waals surface area contributed by atoms with Crippen LogP contribution in [0, 0.1) is 18.8 Å². The van der Waals surface area contributed by atoms with Gasteiger partial charge in [0.15, 0.2) is 0 Å². The summed E-state index contributed by atoms with van der Waals surface area (Å²) >= 11 is 0. The third kappa shape index (κ3) is 4.71. The van der Waals surface area contributed by atoms with Gasteiger partial charge in [0.1, 0.15) is 5.76 Å². The molecule has 4 nitrogen and oxygen atoms in total. The number of benzene rings is 1. The molecular weight excluding hydrogens is 312 g/mol. The van der Waals surface area contributed by atoms with Gasteiger partial charge >= 0.3 is 0 Å². The molecular formula is C21H28N2O2. The van der Waals surface area contributed by atoms with Crippen molar-refractivity contribution in [3.63, 3.8) is 0 Å². The molecule has 4 rings (SSSR count). The van der Waals surface area contributed by atoms with E-state index in [1.54, 1.807) is 0 Å². The zero-order chi connectivity index (χ0) is 17.1. The summed E-state index contributed by atoms with van der Waals surface area (Å²) in [7, 11) is 0. The van der Waals surface area contributed by atoms with Gasteiger partial charge in [-0.15, -0.1) is 0 Å². The molecule has 2 heterocycles. The fraction of sp³-hybridized carbons (Fsp3) is 0.571. The smallest absolute Gasteiger partial charge is 0.133 e. The van der Waals surface area contributed by atoms with E-state index in [4.69, 9.17) is 9.26 Å². The van der Waals surface area contributed by atoms with E-state index >= 15 is 0 Å². The lowest BCUT2D eigenvalue weighted by Gasteiger charge is -2.38. The van der Waals surface area contributed by atoms with Crippen LogP contribution < -0.4 is 0 Å². The molecule has 1 aromatic carbocycles. The van der Waals surface area contributed by atoms with E-state index < -0.39 is 0 Å². The van der Waals surface area contributed by atoms with Crippen molar-refractivity contribution in [2.24, 2.45) is 11.8 Å². The topological polar surface area (TPSA) is 38.5 Å². The van der Waals surface area contributed by atoms with Crippen LogP contribution in [0.2, 0.25) is 0 Å². The largest absolute Gasteiger partial charge is 0.378 e. The van der Waals surface area contributed by atoms with Gasteiger partial charge in [-0.25, -0.2) is 0 Å². The molecule has 0 unspecified atom stereocenters. The van der Waals surface area contributed by atoms with E-state index in [2.05, 4.69) is 40.4 Å². The van der Waals surface area contributed by atoms with Gasteiger partial charge in [-0.1, -0.05) is 35.5 Å². The van der Waals surface area contributed by atoms with Gasteiger partial charge < -0.3 is 9.26 Å². The Morgan fingerprint density at radius 3 is 2.76 bits per heavy atom. The Bertz CT molecular complexity index is 666. The number of aromatic nitrogens is 1. The minimum Gasteiger partial charge on any atom is -0.378 e. The minimum atomic E-state index is 0.385. The predicted molar refractivity (Wildman–Crippen MR) is 97.2 cm³/mol. The lowest BCUT2D eigenvalue weighted by atomic mass is 9.88. The molecule has 0 amide bonds. The van der Waals surface area contributed by atoms with Crippen LogP contribution in [0.5, 0.6) is 0 Å². The molecule has 4 heteroatoms. The molecule has 1 aliphatic heterocycles. The lowest BCUT2D eigenvalue weighted by molar-refractivity contribution is -0.0393. The second-order valence-corrected chi connectivity index (χ2v) is 7.72. The monoisotopic (exact) mass is 340 g/mol. The number of hydrogen-bond acceptors (Lipinski definition) is 4. The second-order valence-electron chi connectivity index (χ2n) is 7.72. The third-order valence-electron chi connectivity index (χ3n) is 5.39. The molecule has 0 radical (unpaired) electrons. The van der Waals surface area contributed by atoms with Crippen LogP contribution in [0.3, 0.4) is 0 Å². The molecule has 1 saturated carbocycles. The summed E-state index contributed by atoms with van der Waals surface area (Å²) in [6.45, 7) is 5.92. The number of hydrogen-bond donors (Lipinski definition) is 0. The molecule has 0 spiro atoms. The summed E-state index contributed by atoms with van der Waals surface area (Å²) < 4.78 is 11.6. The van der Waals surface area contributed by atoms with Crippen molar-refractivity contribution in [2.45, 2.75) is 45.3 Å². The molecule has 2 aromatic rings. The third-order valence-corrected chi connectivity index (χ3v) is 5.39. The molecule has 134 valence electrons. The maximum atomic E-state index is 6.33. The van der Waals surface area contributed by atoms with Crippen LogP contribution in [-0.4, -0.2) is 35.9 Å². The molecule has 1 saturated heterocycles. The highest BCUT2D eigenvalue weighted by atomic mass is 16.5. The number of likely N-dealkylation sites (tertiary alicyclic amines) is 1. The Labute approximate surface area is 150 Å². The Morgan fingerprint density at radius 2 is 2.04 bits per heavy atom. The minimum absolute atomic E-state index is 0.385. The Kier molecular flexibility index (Phi) is 5.18. The summed E-state index contributed by atoms with van der Waals surface area (Å²) in [5.41, 5.74) is 2.44. The molecule has 25 heavy (non-hydrogen) atoms. The summed E-state index contributed by atoms with van der Waals surface area (Å²) in [4.78, 5) is 2.50. The van der Waals surface area contributed by atoms with Crippen molar-refractivity contribution in [3.05, 3.63) is 53.4 Å². The molecule has 1 aromatic heterocycles. The molecule has 1 aliphatic carbocycles. The van der Waals surface area contributed by atoms with Crippen LogP contribution in [0.4, 0.5) is 0 Å². The van der Waals surface area contributed by atoms with Crippen molar-refractivity contribution >= 4 is 0 Å². The van der Waals surface area contributed by atoms with Crippen LogP contribution in [0.1, 0.15) is 36.3 Å². The first kappa shape index (κ1) is 16.8. The fourth-order valence-electron chi connectivity index (χ4n) is 3.83. The number of ether oxygens (including phenoxy) is 1. The van der Waals surface area contributed by atoms with Crippen LogP contribution >= 0.6 is 0 Å². The number of rotatable bonds is 7. The maximum Gasteiger partial charge on any atom is 0.133 e. The normalized spacial score (nSPS) is 24.5. The fourth-order valence-corrected chi connectivity index (χ4v) is 3.83. The van der Waals surface area contributed by atoms with Gasteiger partial charge in [0.2, 0.25) is 0 Å². The molecule has 2 fully saturated rings. The average Bonchev–Trinajstić information content (AvgIpc) is 3.36. The summed E-state index contributed by atoms with van der Waals surface area (Å²) in [5.74, 6) is 2.26. The second kappa shape index (κ2) is 7.71. The first-order chi connectivity index (χ1) is 12.3. The Balaban J connectivity index is 1.40. The molecule has 0 N–H and O–H groups in total. The van der Waals surface area contributed by atoms with E-state index in [9.17, 15) is 0 Å². The van der Waals surface area contributed by atoms with Crippen molar-refractivity contribution in [3.8, 4) is 0 Å². The van der Waals surface area contributed by atoms with E-state index in [0.29, 0.717) is 12.0 Å². The summed E-state index contributed by atoms with van der Waals surface area (Å²) in [6.07, 6.45) is 5.29. The van der Waals surface area contributed by atoms with Crippen molar-refractivity contribution in [2.75, 3.05) is 19.7 Å². The van der Waals surface area contributed by atoms with E-state index in [-0.39, 0.29) is 0 Å². The number of piperidine rings is 1. The Hall–Kier alpha value is -1.65. The van der Waals surface area contributed by atoms with Crippen molar-refractivity contribution in [1.29, 1.82) is 0 Å². The zero-order valence-electron chi connectivity index (χ0n) is 15.1. The van der Waals surface area contributed by atoms with Gasteiger partial charge in [-0.3, -0.25) is 4.90 Å². The van der Waals surface area contributed by atoms with Gasteiger partial charge in [-0.2, -0.15) is 0 Å². The van der Waals surface area contributed by atoms with Gasteiger partial charge in [0, 0.05) is 38.2 Å². The highest BCUT2D eigenvalue weighted by Gasteiger charge is 2.32. The maximum absolute atomic E-state index is 6.33. The average molecular weight is 340 g/mol. The van der Waals surface area contributed by atoms with Gasteiger partial charge in [0.25, 0.3) is 0 Å². The highest BCUT2D eigenvalue weighted by molar-refractivity contribution is 5.16. The standard InChI is InChI=1S/C21H28N2O2/c1-16-11-20(22-25-16)14-23-10-9-21(24-15-18-7-8-18)19(13-23)12-17-5-3-2-4-6-17/h2-6,11,18-19,21H,7-10,12-15H2,1H3/t19-,21+/m0/s1. The van der Waals surface area contributed by atoms with Crippen LogP contribution in [0.15, 0.2) is 40.9 Å². The number of aryl methyl sites for hydroxylation is 1. The predicted octanol–water partition coefficient (Wildman–Crippen LogP) is 3.84. The first-order valence-corrected chi connectivity index (χ1v) is 9.56. The molecule has 2 aliphatic rings. The van der Waals surface area contributed by atoms with E-state index in [1.165, 1.54) is 18.4 Å². The molecule has 2 atom stereocenters. The summed E-state index contributed by atoms with van der Waals surface area (Å²) in [6, 6.07) is 12.9.